The molecule has 2 aromatic rings. The molecule has 1 aromatic heterocycles. The van der Waals surface area contributed by atoms with Crippen LogP contribution in [0.4, 0.5) is 5.69 Å². The number of hydrogen-bond acceptors (Lipinski definition) is 5. The van der Waals surface area contributed by atoms with Crippen LogP contribution in [0.3, 0.4) is 0 Å². The summed E-state index contributed by atoms with van der Waals surface area (Å²) < 4.78 is 0. The third kappa shape index (κ3) is 3.83. The van der Waals surface area contributed by atoms with Crippen LogP contribution in [0.1, 0.15) is 17.2 Å². The summed E-state index contributed by atoms with van der Waals surface area (Å²) in [4.78, 5) is 25.3. The lowest BCUT2D eigenvalue weighted by Crippen LogP contribution is -2.28. The van der Waals surface area contributed by atoms with Gasteiger partial charge in [0.05, 0.1) is 4.92 Å². The van der Waals surface area contributed by atoms with Gasteiger partial charge in [-0.1, -0.05) is 12.1 Å². The highest BCUT2D eigenvalue weighted by molar-refractivity contribution is 5.75. The highest BCUT2D eigenvalue weighted by Crippen LogP contribution is 2.18. The molecule has 0 bridgehead atoms. The number of non-ortho nitro benzene ring substituents is 1. The Kier molecular flexibility index (Phi) is 4.57. The van der Waals surface area contributed by atoms with Crippen LogP contribution in [-0.4, -0.2) is 21.0 Å². The van der Waals surface area contributed by atoms with E-state index < -0.39 is 16.9 Å². The zero-order chi connectivity index (χ0) is 15.2. The highest BCUT2D eigenvalue weighted by Gasteiger charge is 2.20. The lowest BCUT2D eigenvalue weighted by atomic mass is 10.1. The number of nitro groups is 1. The van der Waals surface area contributed by atoms with Crippen LogP contribution >= 0.6 is 0 Å². The zero-order valence-electron chi connectivity index (χ0n) is 11.0. The van der Waals surface area contributed by atoms with Gasteiger partial charge < -0.3 is 5.11 Å². The first-order chi connectivity index (χ1) is 10.1. The van der Waals surface area contributed by atoms with E-state index in [2.05, 4.69) is 10.3 Å². The monoisotopic (exact) mass is 287 g/mol. The number of rotatable bonds is 6. The molecule has 1 heterocycles. The minimum absolute atomic E-state index is 0.0722. The number of hydrogen-bond donors (Lipinski definition) is 2. The van der Waals surface area contributed by atoms with E-state index >= 15 is 0 Å². The Labute approximate surface area is 120 Å². The molecule has 2 rings (SSSR count). The van der Waals surface area contributed by atoms with Crippen molar-refractivity contribution in [2.24, 2.45) is 0 Å². The standard InChI is InChI=1S/C14H13N3O4/c18-14(19)13(16-9-10-5-7-15-8-6-10)11-1-3-12(4-2-11)17(20)21/h1-8,13,16H,9H2,(H,18,19). The average molecular weight is 287 g/mol. The number of pyridine rings is 1. The van der Waals surface area contributed by atoms with Crippen LogP contribution in [0.2, 0.25) is 0 Å². The van der Waals surface area contributed by atoms with E-state index in [0.717, 1.165) is 5.56 Å². The molecule has 0 spiro atoms. The first-order valence-electron chi connectivity index (χ1n) is 6.17. The summed E-state index contributed by atoms with van der Waals surface area (Å²) >= 11 is 0. The lowest BCUT2D eigenvalue weighted by molar-refractivity contribution is -0.384. The summed E-state index contributed by atoms with van der Waals surface area (Å²) in [6.45, 7) is 0.358. The van der Waals surface area contributed by atoms with Gasteiger partial charge in [0, 0.05) is 31.1 Å². The predicted molar refractivity (Wildman–Crippen MR) is 74.5 cm³/mol. The van der Waals surface area contributed by atoms with Crippen LogP contribution in [-0.2, 0) is 11.3 Å². The summed E-state index contributed by atoms with van der Waals surface area (Å²) in [7, 11) is 0. The third-order valence-corrected chi connectivity index (χ3v) is 2.94. The maximum absolute atomic E-state index is 11.3. The van der Waals surface area contributed by atoms with E-state index in [4.69, 9.17) is 0 Å². The maximum atomic E-state index is 11.3. The van der Waals surface area contributed by atoms with Gasteiger partial charge in [-0.2, -0.15) is 0 Å². The molecule has 1 unspecified atom stereocenters. The van der Waals surface area contributed by atoms with E-state index in [-0.39, 0.29) is 5.69 Å². The molecule has 0 aliphatic rings. The summed E-state index contributed by atoms with van der Waals surface area (Å²) in [5.41, 5.74) is 1.29. The molecular formula is C14H13N3O4. The van der Waals surface area contributed by atoms with E-state index in [1.807, 2.05) is 0 Å². The third-order valence-electron chi connectivity index (χ3n) is 2.94. The van der Waals surface area contributed by atoms with Gasteiger partial charge in [-0.3, -0.25) is 25.2 Å². The summed E-state index contributed by atoms with van der Waals surface area (Å²) in [5, 5.41) is 22.8. The van der Waals surface area contributed by atoms with Crippen molar-refractivity contribution >= 4 is 11.7 Å². The fourth-order valence-corrected chi connectivity index (χ4v) is 1.86. The van der Waals surface area contributed by atoms with Gasteiger partial charge in [-0.05, 0) is 23.3 Å². The van der Waals surface area contributed by atoms with Crippen LogP contribution in [0.5, 0.6) is 0 Å². The molecule has 2 N–H and O–H groups in total. The minimum Gasteiger partial charge on any atom is -0.480 e. The number of aliphatic carboxylic acids is 1. The first-order valence-corrected chi connectivity index (χ1v) is 6.17. The quantitative estimate of drug-likeness (QED) is 0.621. The van der Waals surface area contributed by atoms with Gasteiger partial charge in [0.1, 0.15) is 6.04 Å². The van der Waals surface area contributed by atoms with E-state index in [0.29, 0.717) is 12.1 Å². The van der Waals surface area contributed by atoms with E-state index in [1.54, 1.807) is 24.5 Å². The maximum Gasteiger partial charge on any atom is 0.325 e. The number of nitro benzene ring substituents is 1. The normalized spacial score (nSPS) is 11.8. The van der Waals surface area contributed by atoms with Crippen LogP contribution < -0.4 is 5.32 Å². The molecule has 0 saturated carbocycles. The molecule has 0 radical (unpaired) electrons. The molecular weight excluding hydrogens is 274 g/mol. The second-order valence-electron chi connectivity index (χ2n) is 4.36. The Morgan fingerprint density at radius 1 is 1.24 bits per heavy atom. The van der Waals surface area contributed by atoms with Gasteiger partial charge >= 0.3 is 5.97 Å². The SMILES string of the molecule is O=C(O)C(NCc1ccncc1)c1ccc([N+](=O)[O-])cc1. The number of aromatic nitrogens is 1. The molecule has 0 aliphatic heterocycles. The number of benzene rings is 1. The predicted octanol–water partition coefficient (Wildman–Crippen LogP) is 1.91. The fraction of sp³-hybridized carbons (Fsp3) is 0.143. The molecule has 0 fully saturated rings. The molecule has 21 heavy (non-hydrogen) atoms. The van der Waals surface area contributed by atoms with Crippen molar-refractivity contribution in [2.45, 2.75) is 12.6 Å². The van der Waals surface area contributed by atoms with Crippen LogP contribution in [0.15, 0.2) is 48.8 Å². The van der Waals surface area contributed by atoms with Crippen molar-refractivity contribution in [1.29, 1.82) is 0 Å². The van der Waals surface area contributed by atoms with Gasteiger partial charge in [-0.25, -0.2) is 0 Å². The molecule has 1 aromatic carbocycles. The van der Waals surface area contributed by atoms with Crippen molar-refractivity contribution in [3.63, 3.8) is 0 Å². The van der Waals surface area contributed by atoms with Crippen LogP contribution in [0, 0.1) is 10.1 Å². The second-order valence-corrected chi connectivity index (χ2v) is 4.36. The van der Waals surface area contributed by atoms with Crippen molar-refractivity contribution in [3.8, 4) is 0 Å². The molecule has 7 heteroatoms. The molecule has 108 valence electrons. The second kappa shape index (κ2) is 6.58. The molecule has 7 nitrogen and oxygen atoms in total. The Hall–Kier alpha value is -2.80. The van der Waals surface area contributed by atoms with Gasteiger partial charge in [0.15, 0.2) is 0 Å². The number of carboxylic acids is 1. The molecule has 1 atom stereocenters. The van der Waals surface area contributed by atoms with Crippen LogP contribution in [0.25, 0.3) is 0 Å². The summed E-state index contributed by atoms with van der Waals surface area (Å²) in [5.74, 6) is -1.04. The fourth-order valence-electron chi connectivity index (χ4n) is 1.86. The number of nitrogens with one attached hydrogen (secondary N) is 1. The van der Waals surface area contributed by atoms with Crippen molar-refractivity contribution in [3.05, 3.63) is 70.0 Å². The topological polar surface area (TPSA) is 105 Å². The Balaban J connectivity index is 2.11. The van der Waals surface area contributed by atoms with Gasteiger partial charge in [-0.15, -0.1) is 0 Å². The van der Waals surface area contributed by atoms with Crippen molar-refractivity contribution in [2.75, 3.05) is 0 Å². The molecule has 0 amide bonds. The summed E-state index contributed by atoms with van der Waals surface area (Å²) in [6, 6.07) is 8.09. The number of carboxylic acid groups (broad SMARTS) is 1. The highest BCUT2D eigenvalue weighted by atomic mass is 16.6. The van der Waals surface area contributed by atoms with Gasteiger partial charge in [0.25, 0.3) is 5.69 Å². The van der Waals surface area contributed by atoms with Crippen molar-refractivity contribution in [1.82, 2.24) is 10.3 Å². The summed E-state index contributed by atoms with van der Waals surface area (Å²) in [6.07, 6.45) is 3.25. The number of nitrogens with zero attached hydrogens (tertiary/aromatic N) is 2. The largest absolute Gasteiger partial charge is 0.480 e. The Morgan fingerprint density at radius 2 is 1.86 bits per heavy atom. The minimum atomic E-state index is -1.04. The van der Waals surface area contributed by atoms with Crippen molar-refractivity contribution < 1.29 is 14.8 Å². The average Bonchev–Trinajstić information content (AvgIpc) is 2.48. The lowest BCUT2D eigenvalue weighted by Gasteiger charge is -2.14. The van der Waals surface area contributed by atoms with Gasteiger partial charge in [0.2, 0.25) is 0 Å². The Bertz CT molecular complexity index is 628. The zero-order valence-corrected chi connectivity index (χ0v) is 11.0. The smallest absolute Gasteiger partial charge is 0.325 e. The molecule has 0 saturated heterocycles. The molecule has 0 aliphatic carbocycles. The first kappa shape index (κ1) is 14.6. The Morgan fingerprint density at radius 3 is 2.38 bits per heavy atom. The van der Waals surface area contributed by atoms with E-state index in [1.165, 1.54) is 24.3 Å². The number of carbonyl (C=O) groups is 1. The van der Waals surface area contributed by atoms with E-state index in [9.17, 15) is 20.0 Å².